The molecule has 1 aliphatic heterocycles. The van der Waals surface area contributed by atoms with Crippen molar-refractivity contribution in [1.29, 1.82) is 0 Å². The molecule has 0 radical (unpaired) electrons. The Balaban J connectivity index is 2.05. The second kappa shape index (κ2) is 9.12. The number of nitrogens with one attached hydrogen (secondary N) is 1. The van der Waals surface area contributed by atoms with Gasteiger partial charge >= 0.3 is 0 Å². The van der Waals surface area contributed by atoms with Crippen molar-refractivity contribution in [3.05, 3.63) is 0 Å². The highest BCUT2D eigenvalue weighted by molar-refractivity contribution is 4.90. The van der Waals surface area contributed by atoms with Gasteiger partial charge in [-0.25, -0.2) is 0 Å². The van der Waals surface area contributed by atoms with Crippen molar-refractivity contribution in [2.45, 2.75) is 83.3 Å². The van der Waals surface area contributed by atoms with E-state index in [0.29, 0.717) is 6.04 Å². The molecule has 1 saturated carbocycles. The summed E-state index contributed by atoms with van der Waals surface area (Å²) in [7, 11) is 2.28. The quantitative estimate of drug-likeness (QED) is 0.860. The van der Waals surface area contributed by atoms with Gasteiger partial charge in [0.25, 0.3) is 0 Å². The minimum Gasteiger partial charge on any atom is -0.312 e. The Morgan fingerprint density at radius 1 is 1.00 bits per heavy atom. The maximum Gasteiger partial charge on any atom is 0.0252 e. The van der Waals surface area contributed by atoms with Gasteiger partial charge in [0.05, 0.1) is 0 Å². The lowest BCUT2D eigenvalue weighted by Gasteiger charge is -2.41. The topological polar surface area (TPSA) is 18.5 Å². The van der Waals surface area contributed by atoms with Gasteiger partial charge in [-0.2, -0.15) is 0 Å². The molecule has 3 heteroatoms. The third-order valence-corrected chi connectivity index (χ3v) is 5.41. The fourth-order valence-electron chi connectivity index (χ4n) is 4.31. The van der Waals surface area contributed by atoms with Gasteiger partial charge in [-0.3, -0.25) is 4.90 Å². The molecular weight excluding hydrogens is 258 g/mol. The van der Waals surface area contributed by atoms with E-state index in [1.54, 1.807) is 0 Å². The molecule has 124 valence electrons. The van der Waals surface area contributed by atoms with E-state index in [-0.39, 0.29) is 0 Å². The Kier molecular flexibility index (Phi) is 7.48. The monoisotopic (exact) mass is 295 g/mol. The van der Waals surface area contributed by atoms with Crippen molar-refractivity contribution in [3.63, 3.8) is 0 Å². The number of hydrogen-bond acceptors (Lipinski definition) is 3. The number of rotatable bonds is 4. The highest BCUT2D eigenvalue weighted by atomic mass is 15.3. The molecule has 2 aliphatic rings. The third-order valence-electron chi connectivity index (χ3n) is 5.41. The molecule has 0 aromatic rings. The lowest BCUT2D eigenvalue weighted by Crippen LogP contribution is -2.54. The Bertz CT molecular complexity index is 280. The van der Waals surface area contributed by atoms with Gasteiger partial charge in [0.15, 0.2) is 0 Å². The molecule has 21 heavy (non-hydrogen) atoms. The van der Waals surface area contributed by atoms with Crippen molar-refractivity contribution in [1.82, 2.24) is 15.1 Å². The molecule has 0 amide bonds. The third kappa shape index (κ3) is 5.22. The first kappa shape index (κ1) is 17.2. The predicted octanol–water partition coefficient (Wildman–Crippen LogP) is 3.10. The maximum atomic E-state index is 3.88. The summed E-state index contributed by atoms with van der Waals surface area (Å²) in [5, 5.41) is 3.88. The highest BCUT2D eigenvalue weighted by Gasteiger charge is 2.31. The molecule has 0 aromatic carbocycles. The van der Waals surface area contributed by atoms with Gasteiger partial charge < -0.3 is 10.2 Å². The second-order valence-corrected chi connectivity index (χ2v) is 7.32. The molecule has 3 unspecified atom stereocenters. The standard InChI is InChI=1S/C18H37N3/c1-4-12-19-17-10-7-5-6-8-11-18(17)21-14-9-13-20(3)15-16(21)2/h16-19H,4-15H2,1-3H3. The van der Waals surface area contributed by atoms with Crippen molar-refractivity contribution in [2.75, 3.05) is 33.2 Å². The number of nitrogens with zero attached hydrogens (tertiary/aromatic N) is 2. The van der Waals surface area contributed by atoms with Crippen molar-refractivity contribution < 1.29 is 0 Å². The highest BCUT2D eigenvalue weighted by Crippen LogP contribution is 2.25. The van der Waals surface area contributed by atoms with Gasteiger partial charge in [-0.15, -0.1) is 0 Å². The van der Waals surface area contributed by atoms with E-state index in [1.165, 1.54) is 77.5 Å². The Labute approximate surface area is 132 Å². The summed E-state index contributed by atoms with van der Waals surface area (Å²) in [5.41, 5.74) is 0. The number of hydrogen-bond donors (Lipinski definition) is 1. The zero-order valence-electron chi connectivity index (χ0n) is 14.6. The maximum absolute atomic E-state index is 3.88. The van der Waals surface area contributed by atoms with Crippen LogP contribution in [0.25, 0.3) is 0 Å². The molecule has 1 aliphatic carbocycles. The summed E-state index contributed by atoms with van der Waals surface area (Å²) in [5.74, 6) is 0. The predicted molar refractivity (Wildman–Crippen MR) is 91.9 cm³/mol. The zero-order valence-corrected chi connectivity index (χ0v) is 14.6. The molecule has 0 bridgehead atoms. The van der Waals surface area contributed by atoms with E-state index in [2.05, 4.69) is 36.0 Å². The fraction of sp³-hybridized carbons (Fsp3) is 1.00. The summed E-state index contributed by atoms with van der Waals surface area (Å²) in [6.45, 7) is 9.70. The zero-order chi connectivity index (χ0) is 15.1. The summed E-state index contributed by atoms with van der Waals surface area (Å²) in [6.07, 6.45) is 11.1. The van der Waals surface area contributed by atoms with Crippen LogP contribution in [0.3, 0.4) is 0 Å². The molecule has 2 rings (SSSR count). The average molecular weight is 296 g/mol. The molecule has 3 atom stereocenters. The van der Waals surface area contributed by atoms with Crippen LogP contribution >= 0.6 is 0 Å². The van der Waals surface area contributed by atoms with Gasteiger partial charge in [0.2, 0.25) is 0 Å². The first-order valence-corrected chi connectivity index (χ1v) is 9.40. The second-order valence-electron chi connectivity index (χ2n) is 7.32. The first-order chi connectivity index (χ1) is 10.2. The molecular formula is C18H37N3. The number of likely N-dealkylation sites (N-methyl/N-ethyl adjacent to an activating group) is 1. The Morgan fingerprint density at radius 2 is 1.76 bits per heavy atom. The molecule has 0 spiro atoms. The molecule has 2 fully saturated rings. The van der Waals surface area contributed by atoms with Gasteiger partial charge in [-0.1, -0.05) is 32.6 Å². The van der Waals surface area contributed by atoms with Crippen LogP contribution in [-0.2, 0) is 0 Å². The first-order valence-electron chi connectivity index (χ1n) is 9.40. The Morgan fingerprint density at radius 3 is 2.52 bits per heavy atom. The van der Waals surface area contributed by atoms with Crippen LogP contribution in [-0.4, -0.2) is 61.2 Å². The van der Waals surface area contributed by atoms with Crippen LogP contribution < -0.4 is 5.32 Å². The summed E-state index contributed by atoms with van der Waals surface area (Å²) < 4.78 is 0. The SMILES string of the molecule is CCCNC1CCCCCCC1N1CCCN(C)CC1C. The van der Waals surface area contributed by atoms with Crippen molar-refractivity contribution in [2.24, 2.45) is 0 Å². The Hall–Kier alpha value is -0.120. The fourth-order valence-corrected chi connectivity index (χ4v) is 4.31. The largest absolute Gasteiger partial charge is 0.312 e. The molecule has 1 saturated heterocycles. The summed E-state index contributed by atoms with van der Waals surface area (Å²) in [4.78, 5) is 5.37. The van der Waals surface area contributed by atoms with Crippen LogP contribution in [0.5, 0.6) is 0 Å². The van der Waals surface area contributed by atoms with Gasteiger partial charge in [0, 0.05) is 31.2 Å². The van der Waals surface area contributed by atoms with E-state index in [9.17, 15) is 0 Å². The minimum absolute atomic E-state index is 0.702. The van der Waals surface area contributed by atoms with Crippen molar-refractivity contribution in [3.8, 4) is 0 Å². The van der Waals surface area contributed by atoms with Gasteiger partial charge in [0.1, 0.15) is 0 Å². The minimum atomic E-state index is 0.702. The van der Waals surface area contributed by atoms with Crippen LogP contribution in [0.4, 0.5) is 0 Å². The molecule has 1 heterocycles. The normalized spacial score (nSPS) is 34.1. The molecule has 1 N–H and O–H groups in total. The molecule has 3 nitrogen and oxygen atoms in total. The van der Waals surface area contributed by atoms with E-state index >= 15 is 0 Å². The lowest BCUT2D eigenvalue weighted by molar-refractivity contribution is 0.0956. The summed E-state index contributed by atoms with van der Waals surface area (Å²) >= 11 is 0. The van der Waals surface area contributed by atoms with E-state index < -0.39 is 0 Å². The van der Waals surface area contributed by atoms with E-state index in [0.717, 1.165) is 12.1 Å². The lowest BCUT2D eigenvalue weighted by atomic mass is 9.90. The van der Waals surface area contributed by atoms with E-state index in [1.807, 2.05) is 0 Å². The van der Waals surface area contributed by atoms with Crippen molar-refractivity contribution >= 4 is 0 Å². The van der Waals surface area contributed by atoms with Crippen LogP contribution in [0.1, 0.15) is 65.2 Å². The molecule has 0 aromatic heterocycles. The van der Waals surface area contributed by atoms with Crippen LogP contribution in [0.15, 0.2) is 0 Å². The van der Waals surface area contributed by atoms with E-state index in [4.69, 9.17) is 0 Å². The van der Waals surface area contributed by atoms with Crippen LogP contribution in [0, 0.1) is 0 Å². The van der Waals surface area contributed by atoms with Crippen LogP contribution in [0.2, 0.25) is 0 Å². The average Bonchev–Trinajstić information content (AvgIpc) is 2.59. The smallest absolute Gasteiger partial charge is 0.0252 e. The van der Waals surface area contributed by atoms with Gasteiger partial charge in [-0.05, 0) is 52.7 Å². The summed E-state index contributed by atoms with van der Waals surface area (Å²) in [6, 6.07) is 2.18.